The van der Waals surface area contributed by atoms with Gasteiger partial charge in [-0.15, -0.1) is 0 Å². The molecule has 2 aliphatic rings. The maximum absolute atomic E-state index is 13.9. The van der Waals surface area contributed by atoms with E-state index in [2.05, 4.69) is 0 Å². The monoisotopic (exact) mass is 458 g/mol. The molecule has 11 heteroatoms. The number of morpholine rings is 1. The summed E-state index contributed by atoms with van der Waals surface area (Å²) in [6.45, 7) is 4.82. The van der Waals surface area contributed by atoms with Crippen molar-refractivity contribution >= 4 is 5.78 Å². The highest BCUT2D eigenvalue weighted by Gasteiger charge is 2.59. The first kappa shape index (κ1) is 23.8. The number of ketones is 1. The molecule has 2 heterocycles. The summed E-state index contributed by atoms with van der Waals surface area (Å²) in [4.78, 5) is 24.7. The molecule has 3 rings (SSSR count). The molecule has 1 aromatic rings. The molecule has 0 bridgehead atoms. The van der Waals surface area contributed by atoms with Crippen molar-refractivity contribution in [3.05, 3.63) is 45.6 Å². The zero-order valence-electron chi connectivity index (χ0n) is 17.8. The molecule has 0 aromatic heterocycles. The van der Waals surface area contributed by atoms with Crippen LogP contribution < -0.4 is 9.47 Å². The number of nitrogens with zero attached hydrogens (tertiary/aromatic N) is 2. The van der Waals surface area contributed by atoms with Gasteiger partial charge in [0.25, 0.3) is 12.1 Å². The maximum atomic E-state index is 13.9. The second-order valence-corrected chi connectivity index (χ2v) is 7.62. The molecule has 8 nitrogen and oxygen atoms in total. The van der Waals surface area contributed by atoms with Crippen LogP contribution in [0.1, 0.15) is 31.7 Å². The van der Waals surface area contributed by atoms with Crippen LogP contribution in [0.4, 0.5) is 13.2 Å². The van der Waals surface area contributed by atoms with Gasteiger partial charge in [-0.1, -0.05) is 12.1 Å². The number of allylic oxidation sites excluding steroid dienone is 2. The van der Waals surface area contributed by atoms with Crippen LogP contribution in [0.3, 0.4) is 0 Å². The van der Waals surface area contributed by atoms with E-state index >= 15 is 0 Å². The van der Waals surface area contributed by atoms with Gasteiger partial charge in [-0.2, -0.15) is 13.2 Å². The van der Waals surface area contributed by atoms with E-state index in [1.807, 2.05) is 4.90 Å². The van der Waals surface area contributed by atoms with E-state index in [0.29, 0.717) is 32.0 Å². The Morgan fingerprint density at radius 2 is 2.03 bits per heavy atom. The van der Waals surface area contributed by atoms with Gasteiger partial charge >= 0.3 is 6.18 Å². The molecule has 1 aromatic carbocycles. The molecule has 0 aliphatic carbocycles. The van der Waals surface area contributed by atoms with E-state index in [1.54, 1.807) is 13.0 Å². The molecule has 1 saturated heterocycles. The first-order valence-corrected chi connectivity index (χ1v) is 10.3. The van der Waals surface area contributed by atoms with Crippen LogP contribution in [0, 0.1) is 10.1 Å². The van der Waals surface area contributed by atoms with E-state index in [-0.39, 0.29) is 35.9 Å². The molecule has 176 valence electrons. The van der Waals surface area contributed by atoms with E-state index < -0.39 is 29.2 Å². The Kier molecular flexibility index (Phi) is 7.27. The molecule has 3 atom stereocenters. The van der Waals surface area contributed by atoms with E-state index in [9.17, 15) is 28.1 Å². The number of hydrogen-bond acceptors (Lipinski definition) is 7. The number of hydrogen-bond donors (Lipinski definition) is 0. The third kappa shape index (κ3) is 5.14. The first-order valence-electron chi connectivity index (χ1n) is 10.3. The summed E-state index contributed by atoms with van der Waals surface area (Å²) in [5.74, 6) is -1.54. The van der Waals surface area contributed by atoms with Gasteiger partial charge in [0.15, 0.2) is 17.3 Å². The number of benzene rings is 1. The van der Waals surface area contributed by atoms with Crippen molar-refractivity contribution < 1.29 is 37.1 Å². The van der Waals surface area contributed by atoms with Gasteiger partial charge in [0, 0.05) is 35.7 Å². The normalized spacial score (nSPS) is 23.8. The number of fused-ring (bicyclic) bond motifs is 1. The van der Waals surface area contributed by atoms with Crippen molar-refractivity contribution in [3.8, 4) is 11.5 Å². The number of rotatable bonds is 7. The van der Waals surface area contributed by atoms with Gasteiger partial charge in [-0.3, -0.25) is 14.9 Å². The Balaban J connectivity index is 2.12. The Bertz CT molecular complexity index is 883. The highest BCUT2D eigenvalue weighted by molar-refractivity contribution is 5.87. The lowest BCUT2D eigenvalue weighted by molar-refractivity contribution is -0.548. The molecule has 32 heavy (non-hydrogen) atoms. The number of halogens is 3. The average molecular weight is 458 g/mol. The predicted octanol–water partition coefficient (Wildman–Crippen LogP) is 3.33. The second-order valence-electron chi connectivity index (χ2n) is 7.62. The molecule has 0 unspecified atom stereocenters. The van der Waals surface area contributed by atoms with Gasteiger partial charge in [-0.25, -0.2) is 0 Å². The molecule has 1 fully saturated rings. The Morgan fingerprint density at radius 1 is 1.34 bits per heavy atom. The summed E-state index contributed by atoms with van der Waals surface area (Å²) in [5, 5.41) is 11.9. The topological polar surface area (TPSA) is 91.1 Å². The maximum Gasteiger partial charge on any atom is 0.432 e. The largest absolute Gasteiger partial charge is 0.490 e. The van der Waals surface area contributed by atoms with Gasteiger partial charge in [0.1, 0.15) is 0 Å². The quantitative estimate of drug-likeness (QED) is 0.352. The highest BCUT2D eigenvalue weighted by atomic mass is 19.4. The van der Waals surface area contributed by atoms with E-state index in [4.69, 9.17) is 14.2 Å². The summed E-state index contributed by atoms with van der Waals surface area (Å²) >= 11 is 0. The first-order chi connectivity index (χ1) is 15.1. The summed E-state index contributed by atoms with van der Waals surface area (Å²) in [5.41, 5.74) is 0.689. The number of carbonyl (C=O) groups excluding carboxylic acids is 1. The van der Waals surface area contributed by atoms with Crippen LogP contribution in [0.15, 0.2) is 30.0 Å². The third-order valence-electron chi connectivity index (χ3n) is 5.46. The molecule has 2 aliphatic heterocycles. The minimum atomic E-state index is -4.98. The van der Waals surface area contributed by atoms with Gasteiger partial charge in [0.05, 0.1) is 25.7 Å². The third-order valence-corrected chi connectivity index (χ3v) is 5.46. The van der Waals surface area contributed by atoms with Crippen LogP contribution in [-0.4, -0.2) is 66.8 Å². The number of nitro groups is 1. The second kappa shape index (κ2) is 9.76. The minimum absolute atomic E-state index is 0.0921. The van der Waals surface area contributed by atoms with Crippen molar-refractivity contribution in [2.24, 2.45) is 0 Å². The van der Waals surface area contributed by atoms with Crippen LogP contribution in [0.25, 0.3) is 0 Å². The number of para-hydroxylation sites is 1. The van der Waals surface area contributed by atoms with Crippen molar-refractivity contribution in [2.75, 3.05) is 32.9 Å². The Hall–Kier alpha value is -2.82. The fourth-order valence-electron chi connectivity index (χ4n) is 4.15. The molecule has 0 saturated carbocycles. The summed E-state index contributed by atoms with van der Waals surface area (Å²) < 4.78 is 57.6. The molecule has 0 N–H and O–H groups in total. The lowest BCUT2D eigenvalue weighted by atomic mass is 9.81. The fraction of sp³-hybridized carbons (Fsp3) is 0.571. The zero-order chi connectivity index (χ0) is 23.5. The van der Waals surface area contributed by atoms with Crippen LogP contribution in [0.5, 0.6) is 11.5 Å². The van der Waals surface area contributed by atoms with Crippen molar-refractivity contribution in [1.82, 2.24) is 4.90 Å². The van der Waals surface area contributed by atoms with Gasteiger partial charge < -0.3 is 19.1 Å². The van der Waals surface area contributed by atoms with Gasteiger partial charge in [-0.05, 0) is 26.0 Å². The van der Waals surface area contributed by atoms with Crippen molar-refractivity contribution in [1.29, 1.82) is 0 Å². The van der Waals surface area contributed by atoms with Gasteiger partial charge in [0.2, 0.25) is 0 Å². The highest BCUT2D eigenvalue weighted by Crippen LogP contribution is 2.49. The smallest absolute Gasteiger partial charge is 0.432 e. The molecular formula is C21H25F3N2O6. The lowest BCUT2D eigenvalue weighted by Crippen LogP contribution is -2.53. The summed E-state index contributed by atoms with van der Waals surface area (Å²) in [6.07, 6.45) is -6.44. The number of carbonyl (C=O) groups is 1. The summed E-state index contributed by atoms with van der Waals surface area (Å²) in [6, 6.07) is 2.45. The fourth-order valence-corrected chi connectivity index (χ4v) is 4.15. The molecular weight excluding hydrogens is 433 g/mol. The van der Waals surface area contributed by atoms with Crippen LogP contribution >= 0.6 is 0 Å². The standard InChI is InChI=1S/C21H25F3N2O6/c1-3-31-17-6-4-5-15-16(12-14(11-13(2)27)25-7-9-30-10-8-25)18(26(28)29)20(21(22,23)24)32-19(15)17/h4-6,11,16,18,20H,3,7-10,12H2,1-2H3/b14-11+/t16-,18+,20-/m1/s1. The Labute approximate surface area is 183 Å². The van der Waals surface area contributed by atoms with Crippen LogP contribution in [0.2, 0.25) is 0 Å². The van der Waals surface area contributed by atoms with E-state index in [0.717, 1.165) is 0 Å². The molecule has 0 radical (unpaired) electrons. The SMILES string of the molecule is CCOc1cccc2c1O[C@@H](C(F)(F)F)[C@@H]([N+](=O)[O-])[C@@H]2C/C(=C\C(C)=O)N1CCOCC1. The van der Waals surface area contributed by atoms with Crippen LogP contribution in [-0.2, 0) is 9.53 Å². The number of ether oxygens (including phenoxy) is 3. The number of alkyl halides is 3. The lowest BCUT2D eigenvalue weighted by Gasteiger charge is -2.38. The summed E-state index contributed by atoms with van der Waals surface area (Å²) in [7, 11) is 0. The minimum Gasteiger partial charge on any atom is -0.490 e. The molecule has 0 spiro atoms. The van der Waals surface area contributed by atoms with E-state index in [1.165, 1.54) is 25.1 Å². The van der Waals surface area contributed by atoms with Crippen molar-refractivity contribution in [3.63, 3.8) is 0 Å². The van der Waals surface area contributed by atoms with Crippen molar-refractivity contribution in [2.45, 2.75) is 44.5 Å². The average Bonchev–Trinajstić information content (AvgIpc) is 2.73. The molecule has 0 amide bonds. The zero-order valence-corrected chi connectivity index (χ0v) is 17.8. The Morgan fingerprint density at radius 3 is 2.59 bits per heavy atom. The predicted molar refractivity (Wildman–Crippen MR) is 107 cm³/mol.